The number of benzene rings is 3. The van der Waals surface area contributed by atoms with Gasteiger partial charge < -0.3 is 37.7 Å². The minimum Gasteiger partial charge on any atom is -0.493 e. The standard InChI is InChI=1S/C33H34N4O8/c1-39-25-10-8-20(15-27(25)41-3)31-35-36-32(45-31)21-9-11-26(40-2)29(16-21)43-13-6-14-44-30-18-24-23(17-28(30)42-4)33(38)37-12-5-7-22(37)19-34-24/h8-11,15-19,22H,5-7,12-14H2,1-4H3/t22-/m0/s1. The van der Waals surface area contributed by atoms with Crippen molar-refractivity contribution in [2.75, 3.05) is 48.2 Å². The molecule has 0 aliphatic carbocycles. The lowest BCUT2D eigenvalue weighted by atomic mass is 10.1. The van der Waals surface area contributed by atoms with Gasteiger partial charge in [0.2, 0.25) is 11.8 Å². The van der Waals surface area contributed by atoms with E-state index in [4.69, 9.17) is 32.8 Å². The Morgan fingerprint density at radius 3 is 1.98 bits per heavy atom. The predicted molar refractivity (Wildman–Crippen MR) is 166 cm³/mol. The zero-order valence-electron chi connectivity index (χ0n) is 25.6. The molecule has 0 N–H and O–H groups in total. The fraction of sp³-hybridized carbons (Fsp3) is 0.333. The average Bonchev–Trinajstić information content (AvgIpc) is 3.75. The fourth-order valence-electron chi connectivity index (χ4n) is 5.39. The van der Waals surface area contributed by atoms with Gasteiger partial charge in [-0.05, 0) is 55.3 Å². The van der Waals surface area contributed by atoms with Crippen LogP contribution in [0.25, 0.3) is 22.9 Å². The SMILES string of the molecule is COc1ccc(-c2nnc(-c3ccc(OC)c(OCCCOc4cc5c(cc4OC)C(=O)N4CCC[C@H]4C=N5)c3)o2)cc1OC. The summed E-state index contributed by atoms with van der Waals surface area (Å²) in [6.07, 6.45) is 4.32. The highest BCUT2D eigenvalue weighted by molar-refractivity contribution is 6.03. The van der Waals surface area contributed by atoms with E-state index < -0.39 is 0 Å². The maximum absolute atomic E-state index is 13.1. The molecule has 234 valence electrons. The van der Waals surface area contributed by atoms with Crippen LogP contribution in [0.5, 0.6) is 34.5 Å². The van der Waals surface area contributed by atoms with Crippen molar-refractivity contribution in [1.29, 1.82) is 0 Å². The summed E-state index contributed by atoms with van der Waals surface area (Å²) < 4.78 is 39.8. The van der Waals surface area contributed by atoms with Crippen LogP contribution in [0.4, 0.5) is 5.69 Å². The third kappa shape index (κ3) is 6.08. The van der Waals surface area contributed by atoms with Crippen molar-refractivity contribution in [3.8, 4) is 57.4 Å². The van der Waals surface area contributed by atoms with Gasteiger partial charge in [0.1, 0.15) is 0 Å². The molecule has 1 fully saturated rings. The van der Waals surface area contributed by atoms with Gasteiger partial charge in [-0.2, -0.15) is 0 Å². The summed E-state index contributed by atoms with van der Waals surface area (Å²) in [5.41, 5.74) is 2.47. The Morgan fingerprint density at radius 1 is 0.756 bits per heavy atom. The lowest BCUT2D eigenvalue weighted by molar-refractivity contribution is 0.0774. The van der Waals surface area contributed by atoms with Gasteiger partial charge in [-0.25, -0.2) is 0 Å². The summed E-state index contributed by atoms with van der Waals surface area (Å²) in [5, 5.41) is 8.43. The lowest BCUT2D eigenvalue weighted by Gasteiger charge is -2.20. The van der Waals surface area contributed by atoms with Crippen molar-refractivity contribution in [3.63, 3.8) is 0 Å². The molecule has 12 nitrogen and oxygen atoms in total. The Morgan fingerprint density at radius 2 is 1.33 bits per heavy atom. The molecule has 1 saturated heterocycles. The zero-order chi connectivity index (χ0) is 31.3. The van der Waals surface area contributed by atoms with Crippen LogP contribution in [0.3, 0.4) is 0 Å². The van der Waals surface area contributed by atoms with Gasteiger partial charge in [-0.15, -0.1) is 10.2 Å². The molecular formula is C33H34N4O8. The molecule has 3 aromatic carbocycles. The molecule has 2 aliphatic heterocycles. The number of methoxy groups -OCH3 is 4. The lowest BCUT2D eigenvalue weighted by Crippen LogP contribution is -2.35. The third-order valence-corrected chi connectivity index (χ3v) is 7.73. The van der Waals surface area contributed by atoms with Gasteiger partial charge in [-0.3, -0.25) is 9.79 Å². The molecule has 0 bridgehead atoms. The molecule has 45 heavy (non-hydrogen) atoms. The molecule has 0 saturated carbocycles. The van der Waals surface area contributed by atoms with Gasteiger partial charge in [0.15, 0.2) is 34.5 Å². The Labute approximate surface area is 260 Å². The highest BCUT2D eigenvalue weighted by Crippen LogP contribution is 2.39. The van der Waals surface area contributed by atoms with Crippen molar-refractivity contribution in [1.82, 2.24) is 15.1 Å². The van der Waals surface area contributed by atoms with Crippen molar-refractivity contribution in [3.05, 3.63) is 54.1 Å². The number of ether oxygens (including phenoxy) is 6. The van der Waals surface area contributed by atoms with Gasteiger partial charge in [0.25, 0.3) is 5.91 Å². The number of hydrogen-bond acceptors (Lipinski definition) is 11. The smallest absolute Gasteiger partial charge is 0.256 e. The molecular weight excluding hydrogens is 580 g/mol. The van der Waals surface area contributed by atoms with Crippen molar-refractivity contribution in [2.24, 2.45) is 4.99 Å². The number of nitrogens with zero attached hydrogens (tertiary/aromatic N) is 4. The van der Waals surface area contributed by atoms with Crippen LogP contribution in [-0.4, -0.2) is 81.5 Å². The van der Waals surface area contributed by atoms with Crippen molar-refractivity contribution in [2.45, 2.75) is 25.3 Å². The molecule has 2 aliphatic rings. The predicted octanol–water partition coefficient (Wildman–Crippen LogP) is 5.61. The summed E-state index contributed by atoms with van der Waals surface area (Å²) >= 11 is 0. The molecule has 0 radical (unpaired) electrons. The summed E-state index contributed by atoms with van der Waals surface area (Å²) in [6, 6.07) is 14.3. The minimum absolute atomic E-state index is 0.0304. The fourth-order valence-corrected chi connectivity index (χ4v) is 5.39. The van der Waals surface area contributed by atoms with E-state index in [-0.39, 0.29) is 11.9 Å². The second-order valence-electron chi connectivity index (χ2n) is 10.4. The Hall–Kier alpha value is -5.26. The first kappa shape index (κ1) is 29.8. The van der Waals surface area contributed by atoms with E-state index in [0.717, 1.165) is 19.4 Å². The molecule has 0 unspecified atom stereocenters. The quantitative estimate of drug-likeness (QED) is 0.186. The van der Waals surface area contributed by atoms with Crippen LogP contribution in [0.1, 0.15) is 29.6 Å². The minimum atomic E-state index is -0.0304. The second-order valence-corrected chi connectivity index (χ2v) is 10.4. The number of hydrogen-bond donors (Lipinski definition) is 0. The zero-order valence-corrected chi connectivity index (χ0v) is 25.6. The van der Waals surface area contributed by atoms with Crippen LogP contribution >= 0.6 is 0 Å². The third-order valence-electron chi connectivity index (χ3n) is 7.73. The first-order chi connectivity index (χ1) is 22.0. The summed E-state index contributed by atoms with van der Waals surface area (Å²) in [6.45, 7) is 1.43. The molecule has 6 rings (SSSR count). The van der Waals surface area contributed by atoms with E-state index in [1.54, 1.807) is 64.8 Å². The maximum atomic E-state index is 13.1. The molecule has 3 heterocycles. The van der Waals surface area contributed by atoms with Crippen molar-refractivity contribution < 1.29 is 37.6 Å². The number of fused-ring (bicyclic) bond motifs is 2. The van der Waals surface area contributed by atoms with E-state index in [1.165, 1.54) is 0 Å². The Balaban J connectivity index is 1.10. The summed E-state index contributed by atoms with van der Waals surface area (Å²) in [4.78, 5) is 19.6. The van der Waals surface area contributed by atoms with Crippen LogP contribution in [-0.2, 0) is 0 Å². The number of amides is 1. The van der Waals surface area contributed by atoms with Crippen LogP contribution in [0.15, 0.2) is 57.9 Å². The molecule has 1 atom stereocenters. The van der Waals surface area contributed by atoms with Gasteiger partial charge in [0, 0.05) is 36.4 Å². The number of aromatic nitrogens is 2. The largest absolute Gasteiger partial charge is 0.493 e. The topological polar surface area (TPSA) is 127 Å². The first-order valence-electron chi connectivity index (χ1n) is 14.6. The molecule has 0 spiro atoms. The highest BCUT2D eigenvalue weighted by atomic mass is 16.5. The van der Waals surface area contributed by atoms with Gasteiger partial charge in [-0.1, -0.05) is 0 Å². The molecule has 1 amide bonds. The average molecular weight is 615 g/mol. The summed E-state index contributed by atoms with van der Waals surface area (Å²) in [5.74, 6) is 3.89. The van der Waals surface area contributed by atoms with Gasteiger partial charge >= 0.3 is 0 Å². The van der Waals surface area contributed by atoms with E-state index in [9.17, 15) is 4.79 Å². The van der Waals surface area contributed by atoms with E-state index in [0.29, 0.717) is 88.3 Å². The summed E-state index contributed by atoms with van der Waals surface area (Å²) in [7, 11) is 6.28. The Bertz CT molecular complexity index is 1720. The van der Waals surface area contributed by atoms with Crippen LogP contribution in [0.2, 0.25) is 0 Å². The maximum Gasteiger partial charge on any atom is 0.256 e. The van der Waals surface area contributed by atoms with E-state index in [2.05, 4.69) is 15.2 Å². The number of rotatable bonds is 12. The number of aliphatic imine (C=N–C) groups is 1. The first-order valence-corrected chi connectivity index (χ1v) is 14.6. The normalized spacial score (nSPS) is 15.2. The van der Waals surface area contributed by atoms with Crippen LogP contribution in [0, 0.1) is 0 Å². The van der Waals surface area contributed by atoms with E-state index >= 15 is 0 Å². The number of carbonyl (C=O) groups excluding carboxylic acids is 1. The molecule has 4 aromatic rings. The van der Waals surface area contributed by atoms with Crippen LogP contribution < -0.4 is 28.4 Å². The van der Waals surface area contributed by atoms with Crippen molar-refractivity contribution >= 4 is 17.8 Å². The molecule has 1 aromatic heterocycles. The Kier molecular flexibility index (Phi) is 8.72. The molecule has 12 heteroatoms. The monoisotopic (exact) mass is 614 g/mol. The van der Waals surface area contributed by atoms with Gasteiger partial charge in [0.05, 0.1) is 58.9 Å². The second kappa shape index (κ2) is 13.2. The number of carbonyl (C=O) groups is 1. The van der Waals surface area contributed by atoms with E-state index in [1.807, 2.05) is 23.2 Å². The highest BCUT2D eigenvalue weighted by Gasteiger charge is 2.32.